The standard InChI is InChI=1S/C14H13ClN2O3/c1-19-10-3-4-11(12(8-10)20-2)14(18)17-9-5-6-16-13(15)7-9/h3-8H,1-2H3,(H,16,17,18). The third-order valence-electron chi connectivity index (χ3n) is 2.64. The zero-order valence-electron chi connectivity index (χ0n) is 11.0. The Morgan fingerprint density at radius 1 is 1.20 bits per heavy atom. The van der Waals surface area contributed by atoms with E-state index in [1.54, 1.807) is 37.4 Å². The molecule has 1 aromatic carbocycles. The SMILES string of the molecule is COc1ccc(C(=O)Nc2ccnc(Cl)c2)c(OC)c1. The molecule has 0 unspecified atom stereocenters. The normalized spacial score (nSPS) is 9.95. The first kappa shape index (κ1) is 14.1. The summed E-state index contributed by atoms with van der Waals surface area (Å²) >= 11 is 5.77. The maximum absolute atomic E-state index is 12.2. The number of nitrogens with one attached hydrogen (secondary N) is 1. The van der Waals surface area contributed by atoms with Crippen LogP contribution in [0.25, 0.3) is 0 Å². The minimum Gasteiger partial charge on any atom is -0.497 e. The van der Waals surface area contributed by atoms with Gasteiger partial charge < -0.3 is 14.8 Å². The van der Waals surface area contributed by atoms with E-state index in [9.17, 15) is 4.79 Å². The summed E-state index contributed by atoms with van der Waals surface area (Å²) in [4.78, 5) is 16.1. The van der Waals surface area contributed by atoms with Gasteiger partial charge in [0.15, 0.2) is 0 Å². The van der Waals surface area contributed by atoms with E-state index in [2.05, 4.69) is 10.3 Å². The molecule has 0 saturated heterocycles. The van der Waals surface area contributed by atoms with Crippen molar-refractivity contribution in [2.24, 2.45) is 0 Å². The molecule has 5 nitrogen and oxygen atoms in total. The molecule has 2 rings (SSSR count). The largest absolute Gasteiger partial charge is 0.497 e. The lowest BCUT2D eigenvalue weighted by molar-refractivity contribution is 0.102. The average molecular weight is 293 g/mol. The maximum atomic E-state index is 12.2. The number of pyridine rings is 1. The summed E-state index contributed by atoms with van der Waals surface area (Å²) in [6.45, 7) is 0. The fourth-order valence-corrected chi connectivity index (χ4v) is 1.84. The van der Waals surface area contributed by atoms with Crippen molar-refractivity contribution in [1.82, 2.24) is 4.98 Å². The van der Waals surface area contributed by atoms with Gasteiger partial charge in [-0.05, 0) is 24.3 Å². The van der Waals surface area contributed by atoms with Crippen LogP contribution in [0.15, 0.2) is 36.5 Å². The second-order valence-electron chi connectivity index (χ2n) is 3.89. The van der Waals surface area contributed by atoms with Crippen LogP contribution in [0, 0.1) is 0 Å². The Labute approximate surface area is 121 Å². The Kier molecular flexibility index (Phi) is 4.42. The van der Waals surface area contributed by atoms with Crippen LogP contribution in [0.5, 0.6) is 11.5 Å². The lowest BCUT2D eigenvalue weighted by atomic mass is 10.1. The van der Waals surface area contributed by atoms with Crippen LogP contribution in [0.1, 0.15) is 10.4 Å². The second kappa shape index (κ2) is 6.25. The van der Waals surface area contributed by atoms with Crippen LogP contribution in [0.4, 0.5) is 5.69 Å². The molecular formula is C14H13ClN2O3. The van der Waals surface area contributed by atoms with Gasteiger partial charge in [0, 0.05) is 18.0 Å². The van der Waals surface area contributed by atoms with E-state index in [4.69, 9.17) is 21.1 Å². The molecule has 0 saturated carbocycles. The highest BCUT2D eigenvalue weighted by molar-refractivity contribution is 6.29. The summed E-state index contributed by atoms with van der Waals surface area (Å²) in [6, 6.07) is 8.19. The smallest absolute Gasteiger partial charge is 0.259 e. The lowest BCUT2D eigenvalue weighted by Crippen LogP contribution is -2.13. The number of ether oxygens (including phenoxy) is 2. The Morgan fingerprint density at radius 2 is 2.00 bits per heavy atom. The third-order valence-corrected chi connectivity index (χ3v) is 2.84. The topological polar surface area (TPSA) is 60.5 Å². The third kappa shape index (κ3) is 3.19. The maximum Gasteiger partial charge on any atom is 0.259 e. The highest BCUT2D eigenvalue weighted by Crippen LogP contribution is 2.25. The number of amides is 1. The van der Waals surface area contributed by atoms with E-state index >= 15 is 0 Å². The number of nitrogens with zero attached hydrogens (tertiary/aromatic N) is 1. The van der Waals surface area contributed by atoms with Gasteiger partial charge in [-0.3, -0.25) is 4.79 Å². The molecule has 20 heavy (non-hydrogen) atoms. The van der Waals surface area contributed by atoms with Crippen LogP contribution < -0.4 is 14.8 Å². The van der Waals surface area contributed by atoms with Crippen LogP contribution >= 0.6 is 11.6 Å². The highest BCUT2D eigenvalue weighted by Gasteiger charge is 2.13. The predicted molar refractivity (Wildman–Crippen MR) is 76.7 cm³/mol. The Hall–Kier alpha value is -2.27. The average Bonchev–Trinajstić information content (AvgIpc) is 2.46. The van der Waals surface area contributed by atoms with Crippen molar-refractivity contribution in [2.75, 3.05) is 19.5 Å². The molecule has 0 aliphatic carbocycles. The van der Waals surface area contributed by atoms with E-state index < -0.39 is 0 Å². The molecule has 1 aromatic heterocycles. The Balaban J connectivity index is 2.25. The molecule has 1 amide bonds. The molecule has 0 spiro atoms. The number of hydrogen-bond donors (Lipinski definition) is 1. The summed E-state index contributed by atoms with van der Waals surface area (Å²) in [5, 5.41) is 3.04. The van der Waals surface area contributed by atoms with E-state index in [0.717, 1.165) is 0 Å². The number of halogens is 1. The predicted octanol–water partition coefficient (Wildman–Crippen LogP) is 3.00. The summed E-state index contributed by atoms with van der Waals surface area (Å²) in [7, 11) is 3.04. The van der Waals surface area contributed by atoms with Gasteiger partial charge in [0.2, 0.25) is 0 Å². The van der Waals surface area contributed by atoms with E-state index in [0.29, 0.717) is 27.9 Å². The zero-order chi connectivity index (χ0) is 14.5. The first-order valence-corrected chi connectivity index (χ1v) is 6.17. The molecule has 1 heterocycles. The van der Waals surface area contributed by atoms with E-state index in [1.807, 2.05) is 0 Å². The van der Waals surface area contributed by atoms with Crippen molar-refractivity contribution >= 4 is 23.2 Å². The van der Waals surface area contributed by atoms with Crippen molar-refractivity contribution in [1.29, 1.82) is 0 Å². The molecule has 1 N–H and O–H groups in total. The number of aromatic nitrogens is 1. The monoisotopic (exact) mass is 292 g/mol. The van der Waals surface area contributed by atoms with Crippen LogP contribution in [-0.2, 0) is 0 Å². The number of carbonyl (C=O) groups is 1. The molecule has 6 heteroatoms. The van der Waals surface area contributed by atoms with Crippen LogP contribution in [-0.4, -0.2) is 25.1 Å². The molecule has 0 aliphatic rings. The molecule has 0 radical (unpaired) electrons. The van der Waals surface area contributed by atoms with E-state index in [1.165, 1.54) is 13.3 Å². The van der Waals surface area contributed by atoms with Gasteiger partial charge in [0.25, 0.3) is 5.91 Å². The van der Waals surface area contributed by atoms with Crippen molar-refractivity contribution in [3.8, 4) is 11.5 Å². The van der Waals surface area contributed by atoms with Crippen molar-refractivity contribution in [3.05, 3.63) is 47.2 Å². The molecule has 0 aliphatic heterocycles. The molecular weight excluding hydrogens is 280 g/mol. The number of methoxy groups -OCH3 is 2. The number of rotatable bonds is 4. The molecule has 0 atom stereocenters. The lowest BCUT2D eigenvalue weighted by Gasteiger charge is -2.10. The fourth-order valence-electron chi connectivity index (χ4n) is 1.66. The van der Waals surface area contributed by atoms with Crippen molar-refractivity contribution in [3.63, 3.8) is 0 Å². The Bertz CT molecular complexity index is 632. The van der Waals surface area contributed by atoms with Gasteiger partial charge in [0.1, 0.15) is 16.7 Å². The summed E-state index contributed by atoms with van der Waals surface area (Å²) in [5.74, 6) is 0.749. The van der Waals surface area contributed by atoms with Gasteiger partial charge in [-0.2, -0.15) is 0 Å². The van der Waals surface area contributed by atoms with Gasteiger partial charge >= 0.3 is 0 Å². The second-order valence-corrected chi connectivity index (χ2v) is 4.27. The minimum atomic E-state index is -0.299. The summed E-state index contributed by atoms with van der Waals surface area (Å²) in [5.41, 5.74) is 0.967. The first-order valence-electron chi connectivity index (χ1n) is 5.79. The van der Waals surface area contributed by atoms with E-state index in [-0.39, 0.29) is 5.91 Å². The molecule has 104 valence electrons. The van der Waals surface area contributed by atoms with Gasteiger partial charge in [-0.15, -0.1) is 0 Å². The highest BCUT2D eigenvalue weighted by atomic mass is 35.5. The Morgan fingerprint density at radius 3 is 2.65 bits per heavy atom. The number of hydrogen-bond acceptors (Lipinski definition) is 4. The fraction of sp³-hybridized carbons (Fsp3) is 0.143. The van der Waals surface area contributed by atoms with Crippen LogP contribution in [0.2, 0.25) is 5.15 Å². The summed E-state index contributed by atoms with van der Waals surface area (Å²) in [6.07, 6.45) is 1.52. The number of carbonyl (C=O) groups excluding carboxylic acids is 1. The van der Waals surface area contributed by atoms with Crippen molar-refractivity contribution < 1.29 is 14.3 Å². The van der Waals surface area contributed by atoms with Gasteiger partial charge in [-0.1, -0.05) is 11.6 Å². The molecule has 0 bridgehead atoms. The van der Waals surface area contributed by atoms with Gasteiger partial charge in [0.05, 0.1) is 19.8 Å². The molecule has 2 aromatic rings. The number of anilines is 1. The number of benzene rings is 1. The zero-order valence-corrected chi connectivity index (χ0v) is 11.8. The van der Waals surface area contributed by atoms with Gasteiger partial charge in [-0.25, -0.2) is 4.98 Å². The van der Waals surface area contributed by atoms with Crippen molar-refractivity contribution in [2.45, 2.75) is 0 Å². The molecule has 0 fully saturated rings. The quantitative estimate of drug-likeness (QED) is 0.880. The minimum absolute atomic E-state index is 0.299. The first-order chi connectivity index (χ1) is 9.63. The van der Waals surface area contributed by atoms with Crippen LogP contribution in [0.3, 0.4) is 0 Å². The summed E-state index contributed by atoms with van der Waals surface area (Å²) < 4.78 is 10.3.